The van der Waals surface area contributed by atoms with Crippen molar-refractivity contribution in [2.45, 2.75) is 0 Å². The molecule has 0 atom stereocenters. The van der Waals surface area contributed by atoms with E-state index < -0.39 is 0 Å². The summed E-state index contributed by atoms with van der Waals surface area (Å²) < 4.78 is 0. The minimum atomic E-state index is 0. The maximum atomic E-state index is 0. The maximum absolute atomic E-state index is 0. The normalized spacial score (nSPS) is 0. The molecule has 0 amide bonds. The van der Waals surface area contributed by atoms with Gasteiger partial charge in [-0.2, -0.15) is 0 Å². The van der Waals surface area contributed by atoms with Crippen molar-refractivity contribution in [2.24, 2.45) is 0 Å². The van der Waals surface area contributed by atoms with Gasteiger partial charge in [0.2, 0.25) is 0 Å². The van der Waals surface area contributed by atoms with Crippen LogP contribution in [0.3, 0.4) is 0 Å². The summed E-state index contributed by atoms with van der Waals surface area (Å²) in [6, 6.07) is 0. The fraction of sp³-hybridized carbons (Fsp3) is 0. The molecular formula is Ag2SZn2. The van der Waals surface area contributed by atoms with Gasteiger partial charge in [-0.05, 0) is 0 Å². The van der Waals surface area contributed by atoms with E-state index in [1.807, 2.05) is 0 Å². The van der Waals surface area contributed by atoms with Gasteiger partial charge in [-0.1, -0.05) is 0 Å². The molecule has 5 heavy (non-hydrogen) atoms. The summed E-state index contributed by atoms with van der Waals surface area (Å²) in [4.78, 5) is 0. The summed E-state index contributed by atoms with van der Waals surface area (Å²) >= 11 is 0. The van der Waals surface area contributed by atoms with Crippen LogP contribution in [0.4, 0.5) is 0 Å². The van der Waals surface area contributed by atoms with E-state index in [-0.39, 0.29) is 97.2 Å². The molecule has 0 rings (SSSR count). The minimum Gasteiger partial charge on any atom is -2.00 e. The molecule has 0 fully saturated rings. The Kier molecular flexibility index (Phi) is 236. The van der Waals surface area contributed by atoms with Crippen LogP contribution in [0, 0.1) is 0 Å². The summed E-state index contributed by atoms with van der Waals surface area (Å²) in [6.45, 7) is 0. The molecule has 0 bridgehead atoms. The first-order chi connectivity index (χ1) is 0. The Hall–Kier alpha value is 3.08. The molecular weight excluding hydrogens is 379 g/mol. The molecule has 0 aliphatic heterocycles. The zero-order chi connectivity index (χ0) is 0. The minimum absolute atomic E-state index is 0. The van der Waals surface area contributed by atoms with E-state index in [9.17, 15) is 0 Å². The van der Waals surface area contributed by atoms with Gasteiger partial charge in [-0.3, -0.25) is 0 Å². The average Bonchev–Trinajstić information content (AvgIpc) is 0. The van der Waals surface area contributed by atoms with Crippen LogP contribution < -0.4 is 0 Å². The van der Waals surface area contributed by atoms with Crippen molar-refractivity contribution in [1.29, 1.82) is 0 Å². The van der Waals surface area contributed by atoms with E-state index in [0.717, 1.165) is 0 Å². The van der Waals surface area contributed by atoms with Gasteiger partial charge in [-0.15, -0.1) is 0 Å². The predicted octanol–water partition coefficient (Wildman–Crippen LogP) is -0.0124. The molecule has 0 nitrogen and oxygen atoms in total. The Balaban J connectivity index is 0. The number of hydrogen-bond donors (Lipinski definition) is 0. The Bertz CT molecular complexity index is 7.61. The molecule has 0 N–H and O–H groups in total. The molecule has 0 saturated heterocycles. The molecule has 32 valence electrons. The van der Waals surface area contributed by atoms with Gasteiger partial charge in [0.05, 0.1) is 0 Å². The molecule has 5 heteroatoms. The third-order valence-corrected chi connectivity index (χ3v) is 0. The largest absolute Gasteiger partial charge is 2.00 e. The van der Waals surface area contributed by atoms with Crippen molar-refractivity contribution in [3.05, 3.63) is 0 Å². The van der Waals surface area contributed by atoms with E-state index in [2.05, 4.69) is 0 Å². The van der Waals surface area contributed by atoms with E-state index in [0.29, 0.717) is 0 Å². The molecule has 0 aromatic rings. The third kappa shape index (κ3) is 19.3. The monoisotopic (exact) mass is 374 g/mol. The van der Waals surface area contributed by atoms with E-state index >= 15 is 0 Å². The number of rotatable bonds is 0. The van der Waals surface area contributed by atoms with E-state index in [1.165, 1.54) is 0 Å². The second kappa shape index (κ2) is 27.6. The smallest absolute Gasteiger partial charge is 1.00 e. The molecule has 0 aromatic carbocycles. The summed E-state index contributed by atoms with van der Waals surface area (Å²) in [7, 11) is 0. The van der Waals surface area contributed by atoms with Crippen molar-refractivity contribution in [3.63, 3.8) is 0 Å². The Morgan fingerprint density at radius 3 is 0.600 bits per heavy atom. The van der Waals surface area contributed by atoms with Crippen LogP contribution in [0.5, 0.6) is 0 Å². The molecule has 0 aliphatic carbocycles. The van der Waals surface area contributed by atoms with Crippen LogP contribution in [0.1, 0.15) is 0 Å². The van der Waals surface area contributed by atoms with Gasteiger partial charge in [0.1, 0.15) is 0 Å². The van der Waals surface area contributed by atoms with Crippen molar-refractivity contribution < 1.29 is 83.7 Å². The van der Waals surface area contributed by atoms with Gasteiger partial charge in [0.15, 0.2) is 0 Å². The van der Waals surface area contributed by atoms with Gasteiger partial charge >= 0.3 is 44.8 Å². The Morgan fingerprint density at radius 1 is 0.600 bits per heavy atom. The topological polar surface area (TPSA) is 0 Å². The molecule has 0 radical (unpaired) electrons. The standard InChI is InChI=1S/2Ag.S.2Zn/q2*+1;-2;;. The summed E-state index contributed by atoms with van der Waals surface area (Å²) in [5, 5.41) is 0. The summed E-state index contributed by atoms with van der Waals surface area (Å²) in [6.07, 6.45) is 0. The number of hydrogen-bond acceptors (Lipinski definition) is 0. The second-order valence-corrected chi connectivity index (χ2v) is 0. The molecule has 0 unspecified atom stereocenters. The summed E-state index contributed by atoms with van der Waals surface area (Å²) in [5.41, 5.74) is 0. The van der Waals surface area contributed by atoms with Gasteiger partial charge in [0.25, 0.3) is 0 Å². The predicted molar refractivity (Wildman–Crippen MR) is 7.37 cm³/mol. The second-order valence-electron chi connectivity index (χ2n) is 0. The molecule has 0 spiro atoms. The summed E-state index contributed by atoms with van der Waals surface area (Å²) in [5.74, 6) is 0. The van der Waals surface area contributed by atoms with Crippen LogP contribution in [0.15, 0.2) is 0 Å². The quantitative estimate of drug-likeness (QED) is 0.520. The van der Waals surface area contributed by atoms with Gasteiger partial charge in [-0.25, -0.2) is 0 Å². The third-order valence-electron chi connectivity index (χ3n) is 0. The molecule has 0 heterocycles. The SMILES string of the molecule is [Ag+].[Ag+].[S-2].[Zn].[Zn]. The first-order valence-electron chi connectivity index (χ1n) is 0. The molecule has 0 aromatic heterocycles. The first-order valence-corrected chi connectivity index (χ1v) is 0. The van der Waals surface area contributed by atoms with Crippen LogP contribution in [0.2, 0.25) is 0 Å². The van der Waals surface area contributed by atoms with Crippen molar-refractivity contribution >= 4 is 13.5 Å². The first kappa shape index (κ1) is 42.7. The van der Waals surface area contributed by atoms with E-state index in [4.69, 9.17) is 0 Å². The van der Waals surface area contributed by atoms with Crippen molar-refractivity contribution in [1.82, 2.24) is 0 Å². The fourth-order valence-electron chi connectivity index (χ4n) is 0. The van der Waals surface area contributed by atoms with Crippen LogP contribution in [0.25, 0.3) is 0 Å². The van der Waals surface area contributed by atoms with E-state index in [1.54, 1.807) is 0 Å². The molecule has 0 aliphatic rings. The van der Waals surface area contributed by atoms with Crippen LogP contribution in [-0.2, 0) is 97.2 Å². The van der Waals surface area contributed by atoms with Crippen LogP contribution in [-0.4, -0.2) is 0 Å². The molecule has 0 saturated carbocycles. The fourth-order valence-corrected chi connectivity index (χ4v) is 0. The van der Waals surface area contributed by atoms with Gasteiger partial charge < -0.3 is 13.5 Å². The zero-order valence-electron chi connectivity index (χ0n) is 2.43. The average molecular weight is 379 g/mol. The maximum Gasteiger partial charge on any atom is 1.00 e. The van der Waals surface area contributed by atoms with Crippen molar-refractivity contribution in [2.75, 3.05) is 0 Å². The van der Waals surface area contributed by atoms with Crippen LogP contribution >= 0.6 is 0 Å². The van der Waals surface area contributed by atoms with Crippen molar-refractivity contribution in [3.8, 4) is 0 Å². The Labute approximate surface area is 95.6 Å². The zero-order valence-corrected chi connectivity index (χ0v) is 12.1. The Morgan fingerprint density at radius 2 is 0.600 bits per heavy atom. The van der Waals surface area contributed by atoms with Gasteiger partial charge in [0, 0.05) is 39.0 Å².